The summed E-state index contributed by atoms with van der Waals surface area (Å²) in [5, 5.41) is 5.71. The summed E-state index contributed by atoms with van der Waals surface area (Å²) in [6.07, 6.45) is 8.16. The van der Waals surface area contributed by atoms with Gasteiger partial charge in [-0.25, -0.2) is 0 Å². The molecule has 2 unspecified atom stereocenters. The Balaban J connectivity index is 2.03. The highest BCUT2D eigenvalue weighted by atomic mass is 16.2. The molecule has 6 nitrogen and oxygen atoms in total. The van der Waals surface area contributed by atoms with Gasteiger partial charge in [-0.15, -0.1) is 0 Å². The SMILES string of the molecule is CC(C[CH]C(=O)NC(Cc1ccc(C#CC2CCCCC2)cc1)C(=O)NC(C)(C)C)C(N)=O. The fraction of sp³-hybridized carbons (Fsp3) is 0.556. The van der Waals surface area contributed by atoms with Gasteiger partial charge in [0.1, 0.15) is 6.04 Å². The first-order chi connectivity index (χ1) is 15.5. The summed E-state index contributed by atoms with van der Waals surface area (Å²) >= 11 is 0. The Morgan fingerprint density at radius 3 is 2.33 bits per heavy atom. The highest BCUT2D eigenvalue weighted by Crippen LogP contribution is 2.22. The zero-order chi connectivity index (χ0) is 24.4. The van der Waals surface area contributed by atoms with E-state index in [9.17, 15) is 14.4 Å². The van der Waals surface area contributed by atoms with Gasteiger partial charge in [-0.05, 0) is 57.7 Å². The van der Waals surface area contributed by atoms with Crippen LogP contribution in [0.5, 0.6) is 0 Å². The standard InChI is InChI=1S/C27H38N3O3/c1-19(25(28)32)10-17-24(31)29-23(26(33)30-27(2,3)4)18-22-15-13-21(14-16-22)12-11-20-8-6-5-7-9-20/h13-17,19-20,23H,5-10,18H2,1-4H3,(H2,28,32)(H,29,31)(H,30,33). The Morgan fingerprint density at radius 2 is 1.76 bits per heavy atom. The minimum Gasteiger partial charge on any atom is -0.369 e. The summed E-state index contributed by atoms with van der Waals surface area (Å²) in [4.78, 5) is 36.5. The summed E-state index contributed by atoms with van der Waals surface area (Å²) < 4.78 is 0. The van der Waals surface area contributed by atoms with E-state index in [-0.39, 0.29) is 12.3 Å². The van der Waals surface area contributed by atoms with Crippen molar-refractivity contribution in [2.45, 2.75) is 84.2 Å². The molecule has 33 heavy (non-hydrogen) atoms. The number of carbonyl (C=O) groups excluding carboxylic acids is 3. The number of rotatable bonds is 8. The minimum atomic E-state index is -0.740. The van der Waals surface area contributed by atoms with E-state index in [0.717, 1.165) is 11.1 Å². The molecular weight excluding hydrogens is 414 g/mol. The second-order valence-electron chi connectivity index (χ2n) is 10.0. The van der Waals surface area contributed by atoms with Gasteiger partial charge in [-0.1, -0.05) is 50.2 Å². The third kappa shape index (κ3) is 10.1. The molecule has 1 aromatic carbocycles. The highest BCUT2D eigenvalue weighted by molar-refractivity contribution is 5.92. The van der Waals surface area contributed by atoms with E-state index in [2.05, 4.69) is 22.5 Å². The Bertz CT molecular complexity index is 869. The van der Waals surface area contributed by atoms with Crippen LogP contribution in [0.15, 0.2) is 24.3 Å². The van der Waals surface area contributed by atoms with E-state index in [1.54, 1.807) is 6.92 Å². The van der Waals surface area contributed by atoms with Crippen LogP contribution in [0.1, 0.15) is 77.3 Å². The van der Waals surface area contributed by atoms with Crippen LogP contribution in [0, 0.1) is 30.1 Å². The number of amides is 3. The minimum absolute atomic E-state index is 0.225. The molecule has 1 radical (unpaired) electrons. The van der Waals surface area contributed by atoms with E-state index in [1.807, 2.05) is 45.0 Å². The number of nitrogens with two attached hydrogens (primary N) is 1. The molecule has 0 aromatic heterocycles. The van der Waals surface area contributed by atoms with Gasteiger partial charge in [-0.3, -0.25) is 14.4 Å². The fourth-order valence-corrected chi connectivity index (χ4v) is 3.69. The van der Waals surface area contributed by atoms with Crippen molar-refractivity contribution in [2.75, 3.05) is 0 Å². The summed E-state index contributed by atoms with van der Waals surface area (Å²) in [7, 11) is 0. The predicted molar refractivity (Wildman–Crippen MR) is 131 cm³/mol. The Hall–Kier alpha value is -2.81. The van der Waals surface area contributed by atoms with Gasteiger partial charge in [0.25, 0.3) is 0 Å². The van der Waals surface area contributed by atoms with Crippen molar-refractivity contribution in [3.8, 4) is 11.8 Å². The zero-order valence-electron chi connectivity index (χ0n) is 20.4. The fourth-order valence-electron chi connectivity index (χ4n) is 3.69. The van der Waals surface area contributed by atoms with E-state index >= 15 is 0 Å². The van der Waals surface area contributed by atoms with E-state index < -0.39 is 29.3 Å². The molecule has 1 aliphatic carbocycles. The summed E-state index contributed by atoms with van der Waals surface area (Å²) in [5.74, 6) is 5.60. The topological polar surface area (TPSA) is 101 Å². The molecular formula is C27H38N3O3. The number of hydrogen-bond acceptors (Lipinski definition) is 3. The quantitative estimate of drug-likeness (QED) is 0.528. The lowest BCUT2D eigenvalue weighted by Crippen LogP contribution is -2.53. The molecule has 0 spiro atoms. The van der Waals surface area contributed by atoms with E-state index in [0.29, 0.717) is 12.3 Å². The zero-order valence-corrected chi connectivity index (χ0v) is 20.4. The summed E-state index contributed by atoms with van der Waals surface area (Å²) in [6.45, 7) is 7.34. The van der Waals surface area contributed by atoms with Gasteiger partial charge in [0.15, 0.2) is 0 Å². The van der Waals surface area contributed by atoms with Crippen LogP contribution in [0.2, 0.25) is 0 Å². The molecule has 1 aromatic rings. The molecule has 6 heteroatoms. The van der Waals surface area contributed by atoms with Crippen LogP contribution in [-0.2, 0) is 20.8 Å². The largest absolute Gasteiger partial charge is 0.369 e. The molecule has 0 heterocycles. The Morgan fingerprint density at radius 1 is 1.12 bits per heavy atom. The third-order valence-electron chi connectivity index (χ3n) is 5.69. The number of carbonyl (C=O) groups is 3. The highest BCUT2D eigenvalue weighted by Gasteiger charge is 2.25. The second kappa shape index (κ2) is 12.4. The third-order valence-corrected chi connectivity index (χ3v) is 5.69. The van der Waals surface area contributed by atoms with Crippen LogP contribution in [0.4, 0.5) is 0 Å². The van der Waals surface area contributed by atoms with Gasteiger partial charge >= 0.3 is 0 Å². The first-order valence-corrected chi connectivity index (χ1v) is 11.9. The van der Waals surface area contributed by atoms with Crippen molar-refractivity contribution >= 4 is 17.7 Å². The van der Waals surface area contributed by atoms with Crippen LogP contribution in [0.3, 0.4) is 0 Å². The van der Waals surface area contributed by atoms with Gasteiger partial charge in [-0.2, -0.15) is 0 Å². The lowest BCUT2D eigenvalue weighted by molar-refractivity contribution is -0.128. The molecule has 1 fully saturated rings. The molecule has 1 saturated carbocycles. The van der Waals surface area contributed by atoms with Crippen molar-refractivity contribution in [2.24, 2.45) is 17.6 Å². The Kier molecular flexibility index (Phi) is 9.96. The second-order valence-corrected chi connectivity index (χ2v) is 10.0. The van der Waals surface area contributed by atoms with E-state index in [1.165, 1.54) is 38.5 Å². The van der Waals surface area contributed by atoms with Gasteiger partial charge in [0.05, 0.1) is 6.42 Å². The van der Waals surface area contributed by atoms with Crippen LogP contribution in [0.25, 0.3) is 0 Å². The number of benzene rings is 1. The normalized spacial score (nSPS) is 16.1. The maximum absolute atomic E-state index is 12.9. The molecule has 0 bridgehead atoms. The molecule has 2 atom stereocenters. The Labute approximate surface area is 198 Å². The lowest BCUT2D eigenvalue weighted by atomic mass is 9.89. The average molecular weight is 453 g/mol. The maximum atomic E-state index is 12.9. The van der Waals surface area contributed by atoms with Crippen LogP contribution >= 0.6 is 0 Å². The first kappa shape index (κ1) is 26.4. The summed E-state index contributed by atoms with van der Waals surface area (Å²) in [5.41, 5.74) is 6.71. The van der Waals surface area contributed by atoms with Crippen molar-refractivity contribution in [1.82, 2.24) is 10.6 Å². The molecule has 4 N–H and O–H groups in total. The van der Waals surface area contributed by atoms with Gasteiger partial charge in [0.2, 0.25) is 17.7 Å². The summed E-state index contributed by atoms with van der Waals surface area (Å²) in [6, 6.07) is 7.09. The molecule has 3 amide bonds. The van der Waals surface area contributed by atoms with E-state index in [4.69, 9.17) is 5.73 Å². The van der Waals surface area contributed by atoms with Crippen LogP contribution < -0.4 is 16.4 Å². The van der Waals surface area contributed by atoms with Crippen molar-refractivity contribution in [3.63, 3.8) is 0 Å². The monoisotopic (exact) mass is 452 g/mol. The van der Waals surface area contributed by atoms with Gasteiger partial charge in [0, 0.05) is 29.4 Å². The van der Waals surface area contributed by atoms with Crippen molar-refractivity contribution in [3.05, 3.63) is 41.8 Å². The molecule has 0 aliphatic heterocycles. The van der Waals surface area contributed by atoms with Crippen LogP contribution in [-0.4, -0.2) is 29.3 Å². The smallest absolute Gasteiger partial charge is 0.243 e. The molecule has 0 saturated heterocycles. The first-order valence-electron chi connectivity index (χ1n) is 11.9. The number of hydrogen-bond donors (Lipinski definition) is 3. The van der Waals surface area contributed by atoms with Crippen molar-refractivity contribution < 1.29 is 14.4 Å². The number of primary amides is 1. The maximum Gasteiger partial charge on any atom is 0.243 e. The van der Waals surface area contributed by atoms with Gasteiger partial charge < -0.3 is 16.4 Å². The number of nitrogens with one attached hydrogen (secondary N) is 2. The molecule has 1 aliphatic rings. The molecule has 2 rings (SSSR count). The predicted octanol–water partition coefficient (Wildman–Crippen LogP) is 3.28. The average Bonchev–Trinajstić information content (AvgIpc) is 2.76. The lowest BCUT2D eigenvalue weighted by Gasteiger charge is -2.25. The molecule has 179 valence electrons. The van der Waals surface area contributed by atoms with Crippen molar-refractivity contribution in [1.29, 1.82) is 0 Å².